The van der Waals surface area contributed by atoms with Crippen molar-refractivity contribution in [1.82, 2.24) is 4.90 Å². The summed E-state index contributed by atoms with van der Waals surface area (Å²) in [5, 5.41) is -0.00240. The highest BCUT2D eigenvalue weighted by atomic mass is 35.5. The molecule has 0 spiro atoms. The molecule has 2 amide bonds. The molecule has 1 aromatic carbocycles. The largest absolute Gasteiger partial charge is 0.490 e. The molecule has 0 aromatic heterocycles. The molecule has 1 unspecified atom stereocenters. The van der Waals surface area contributed by atoms with Crippen molar-refractivity contribution in [1.29, 1.82) is 0 Å². The lowest BCUT2D eigenvalue weighted by Crippen LogP contribution is -2.28. The van der Waals surface area contributed by atoms with Gasteiger partial charge in [-0.1, -0.05) is 24.4 Å². The molecule has 0 saturated carbocycles. The highest BCUT2D eigenvalue weighted by molar-refractivity contribution is 8.18. The number of nitrogens with zero attached hydrogens (tertiary/aromatic N) is 1. The summed E-state index contributed by atoms with van der Waals surface area (Å²) >= 11 is 7.22. The molecular weight excluding hydrogens is 374 g/mol. The Labute approximate surface area is 162 Å². The summed E-state index contributed by atoms with van der Waals surface area (Å²) in [4.78, 5) is 25.5. The first-order valence-corrected chi connectivity index (χ1v) is 9.42. The number of halogens is 1. The standard InChI is InChI=1S/C19H20ClNO4S/c1-5-8-21-18(22)16(26-19(21)23)11-13-9-14(20)17(25-12(4)6-2)15(10-13)24-7-3/h1,9-12H,6-8H2,2-4H3/b16-11+. The van der Waals surface area contributed by atoms with Gasteiger partial charge >= 0.3 is 0 Å². The zero-order chi connectivity index (χ0) is 19.3. The molecule has 1 heterocycles. The van der Waals surface area contributed by atoms with Gasteiger partial charge in [-0.2, -0.15) is 0 Å². The predicted octanol–water partition coefficient (Wildman–Crippen LogP) is 4.59. The van der Waals surface area contributed by atoms with Crippen molar-refractivity contribution < 1.29 is 19.1 Å². The number of imide groups is 1. The first-order chi connectivity index (χ1) is 12.4. The monoisotopic (exact) mass is 393 g/mol. The van der Waals surface area contributed by atoms with Crippen molar-refractivity contribution in [2.45, 2.75) is 33.3 Å². The zero-order valence-corrected chi connectivity index (χ0v) is 16.4. The van der Waals surface area contributed by atoms with Gasteiger partial charge in [0, 0.05) is 0 Å². The minimum Gasteiger partial charge on any atom is -0.490 e. The summed E-state index contributed by atoms with van der Waals surface area (Å²) in [5.41, 5.74) is 0.640. The first kappa shape index (κ1) is 20.2. The molecule has 26 heavy (non-hydrogen) atoms. The van der Waals surface area contributed by atoms with E-state index in [0.717, 1.165) is 23.1 Å². The molecule has 138 valence electrons. The van der Waals surface area contributed by atoms with Crippen LogP contribution in [0.5, 0.6) is 11.5 Å². The van der Waals surface area contributed by atoms with Crippen LogP contribution in [0, 0.1) is 12.3 Å². The third-order valence-electron chi connectivity index (χ3n) is 3.65. The van der Waals surface area contributed by atoms with Crippen LogP contribution in [0.4, 0.5) is 4.79 Å². The normalized spacial score (nSPS) is 16.7. The van der Waals surface area contributed by atoms with Crippen molar-refractivity contribution in [3.8, 4) is 23.8 Å². The van der Waals surface area contributed by atoms with Crippen molar-refractivity contribution in [3.63, 3.8) is 0 Å². The molecule has 0 aliphatic carbocycles. The Bertz CT molecular complexity index is 784. The molecule has 0 bridgehead atoms. The number of thioether (sulfide) groups is 1. The quantitative estimate of drug-likeness (QED) is 0.501. The molecule has 1 aliphatic heterocycles. The van der Waals surface area contributed by atoms with Gasteiger partial charge in [0.25, 0.3) is 11.1 Å². The fraction of sp³-hybridized carbons (Fsp3) is 0.368. The molecule has 1 atom stereocenters. The smallest absolute Gasteiger partial charge is 0.294 e. The number of ether oxygens (including phenoxy) is 2. The molecule has 1 saturated heterocycles. The lowest BCUT2D eigenvalue weighted by Gasteiger charge is -2.18. The topological polar surface area (TPSA) is 55.8 Å². The molecule has 1 fully saturated rings. The Morgan fingerprint density at radius 3 is 2.73 bits per heavy atom. The first-order valence-electron chi connectivity index (χ1n) is 8.23. The zero-order valence-electron chi connectivity index (χ0n) is 14.9. The molecule has 0 radical (unpaired) electrons. The Morgan fingerprint density at radius 1 is 1.38 bits per heavy atom. The van der Waals surface area contributed by atoms with Crippen LogP contribution in [0.3, 0.4) is 0 Å². The highest BCUT2D eigenvalue weighted by Crippen LogP contribution is 2.39. The maximum Gasteiger partial charge on any atom is 0.294 e. The van der Waals surface area contributed by atoms with Gasteiger partial charge in [-0.05, 0) is 55.8 Å². The van der Waals surface area contributed by atoms with Crippen LogP contribution in [0.1, 0.15) is 32.8 Å². The van der Waals surface area contributed by atoms with Gasteiger partial charge in [0.2, 0.25) is 0 Å². The summed E-state index contributed by atoms with van der Waals surface area (Å²) in [6.45, 7) is 6.21. The Kier molecular flexibility index (Phi) is 7.01. The summed E-state index contributed by atoms with van der Waals surface area (Å²) in [6.07, 6.45) is 7.61. The molecule has 1 aromatic rings. The van der Waals surface area contributed by atoms with Gasteiger partial charge in [-0.25, -0.2) is 0 Å². The van der Waals surface area contributed by atoms with Gasteiger partial charge in [0.1, 0.15) is 0 Å². The SMILES string of the molecule is C#CCN1C(=O)S/C(=C/c2cc(Cl)c(OC(C)CC)c(OCC)c2)C1=O. The van der Waals surface area contributed by atoms with Crippen molar-refractivity contribution >= 4 is 40.6 Å². The van der Waals surface area contributed by atoms with E-state index in [0.29, 0.717) is 33.6 Å². The average Bonchev–Trinajstić information content (AvgIpc) is 2.86. The number of hydrogen-bond acceptors (Lipinski definition) is 5. The van der Waals surface area contributed by atoms with E-state index < -0.39 is 5.91 Å². The Hall–Kier alpha value is -2.10. The Morgan fingerprint density at radius 2 is 2.12 bits per heavy atom. The summed E-state index contributed by atoms with van der Waals surface area (Å²) < 4.78 is 11.5. The van der Waals surface area contributed by atoms with E-state index in [-0.39, 0.29) is 17.9 Å². The fourth-order valence-electron chi connectivity index (χ4n) is 2.21. The molecule has 2 rings (SSSR count). The Balaban J connectivity index is 2.37. The van der Waals surface area contributed by atoms with Crippen LogP contribution in [-0.4, -0.2) is 35.3 Å². The van der Waals surface area contributed by atoms with Gasteiger partial charge < -0.3 is 9.47 Å². The maximum atomic E-state index is 12.3. The highest BCUT2D eigenvalue weighted by Gasteiger charge is 2.34. The van der Waals surface area contributed by atoms with Crippen LogP contribution < -0.4 is 9.47 Å². The minimum atomic E-state index is -0.410. The number of terminal acetylenes is 1. The van der Waals surface area contributed by atoms with Crippen molar-refractivity contribution in [3.05, 3.63) is 27.6 Å². The van der Waals surface area contributed by atoms with Crippen molar-refractivity contribution in [2.75, 3.05) is 13.2 Å². The second kappa shape index (κ2) is 9.02. The number of carbonyl (C=O) groups excluding carboxylic acids is 2. The maximum absolute atomic E-state index is 12.3. The summed E-state index contributed by atoms with van der Waals surface area (Å²) in [5.74, 6) is 2.86. The minimum absolute atomic E-state index is 0.0159. The van der Waals surface area contributed by atoms with E-state index in [9.17, 15) is 9.59 Å². The van der Waals surface area contributed by atoms with Gasteiger partial charge in [-0.15, -0.1) is 6.42 Å². The third-order valence-corrected chi connectivity index (χ3v) is 4.83. The molecule has 1 aliphatic rings. The number of amides is 2. The number of hydrogen-bond donors (Lipinski definition) is 0. The van der Waals surface area contributed by atoms with E-state index in [1.165, 1.54) is 0 Å². The molecule has 7 heteroatoms. The van der Waals surface area contributed by atoms with Crippen molar-refractivity contribution in [2.24, 2.45) is 0 Å². The third kappa shape index (κ3) is 4.54. The number of rotatable bonds is 7. The fourth-order valence-corrected chi connectivity index (χ4v) is 3.31. The second-order valence-corrected chi connectivity index (χ2v) is 6.97. The van der Waals surface area contributed by atoms with Gasteiger partial charge in [-0.3, -0.25) is 14.5 Å². The molecule has 0 N–H and O–H groups in total. The van der Waals surface area contributed by atoms with Crippen LogP contribution in [0.15, 0.2) is 17.0 Å². The van der Waals surface area contributed by atoms with Crippen LogP contribution in [0.25, 0.3) is 6.08 Å². The van der Waals surface area contributed by atoms with E-state index in [1.807, 2.05) is 20.8 Å². The van der Waals surface area contributed by atoms with E-state index in [2.05, 4.69) is 5.92 Å². The number of carbonyl (C=O) groups is 2. The predicted molar refractivity (Wildman–Crippen MR) is 105 cm³/mol. The van der Waals surface area contributed by atoms with Crippen LogP contribution >= 0.6 is 23.4 Å². The van der Waals surface area contributed by atoms with Crippen LogP contribution in [-0.2, 0) is 4.79 Å². The van der Waals surface area contributed by atoms with E-state index in [4.69, 9.17) is 27.5 Å². The lowest BCUT2D eigenvalue weighted by molar-refractivity contribution is -0.122. The van der Waals surface area contributed by atoms with Crippen LogP contribution in [0.2, 0.25) is 5.02 Å². The average molecular weight is 394 g/mol. The number of benzene rings is 1. The second-order valence-electron chi connectivity index (χ2n) is 5.57. The van der Waals surface area contributed by atoms with Gasteiger partial charge in [0.05, 0.1) is 29.2 Å². The van der Waals surface area contributed by atoms with Gasteiger partial charge in [0.15, 0.2) is 11.5 Å². The molecule has 5 nitrogen and oxygen atoms in total. The van der Waals surface area contributed by atoms with E-state index in [1.54, 1.807) is 18.2 Å². The lowest BCUT2D eigenvalue weighted by atomic mass is 10.1. The van der Waals surface area contributed by atoms with E-state index >= 15 is 0 Å². The summed E-state index contributed by atoms with van der Waals surface area (Å²) in [7, 11) is 0. The molecular formula is C19H20ClNO4S. The summed E-state index contributed by atoms with van der Waals surface area (Å²) in [6, 6.07) is 3.42.